The van der Waals surface area contributed by atoms with Gasteiger partial charge < -0.3 is 9.72 Å². The molecule has 0 bridgehead atoms. The number of para-hydroxylation sites is 1. The molecule has 0 aliphatic rings. The van der Waals surface area contributed by atoms with E-state index in [0.29, 0.717) is 16.1 Å². The molecule has 0 unspecified atom stereocenters. The lowest BCUT2D eigenvalue weighted by Gasteiger charge is -2.20. The molecule has 1 heterocycles. The number of methoxy groups -OCH3 is 1. The molecular weight excluding hydrogens is 344 g/mol. The maximum absolute atomic E-state index is 12.2. The summed E-state index contributed by atoms with van der Waals surface area (Å²) in [6.45, 7) is 0. The molecule has 3 rings (SSSR count). The summed E-state index contributed by atoms with van der Waals surface area (Å²) < 4.78 is 4.69. The highest BCUT2D eigenvalue weighted by molar-refractivity contribution is 6.30. The second-order valence-electron chi connectivity index (χ2n) is 5.57. The van der Waals surface area contributed by atoms with Gasteiger partial charge in [0.05, 0.1) is 13.0 Å². The Hall–Kier alpha value is -2.86. The van der Waals surface area contributed by atoms with Crippen LogP contribution in [0.5, 0.6) is 0 Å². The molecule has 128 valence electrons. The van der Waals surface area contributed by atoms with Gasteiger partial charge in [-0.25, -0.2) is 4.79 Å². The van der Waals surface area contributed by atoms with Gasteiger partial charge in [-0.2, -0.15) is 0 Å². The molecule has 0 radical (unpaired) electrons. The molecular formula is C18H15ClN2O4. The van der Waals surface area contributed by atoms with E-state index in [2.05, 4.69) is 4.98 Å². The maximum atomic E-state index is 12.2. The summed E-state index contributed by atoms with van der Waals surface area (Å²) in [7, 11) is 1.15. The number of esters is 1. The summed E-state index contributed by atoms with van der Waals surface area (Å²) in [5.41, 5.74) is 2.11. The number of halogens is 1. The molecule has 1 aromatic heterocycles. The van der Waals surface area contributed by atoms with Crippen LogP contribution in [-0.2, 0) is 9.53 Å². The Morgan fingerprint density at radius 3 is 2.52 bits per heavy atom. The number of carbonyl (C=O) groups excluding carboxylic acids is 1. The van der Waals surface area contributed by atoms with Gasteiger partial charge in [0, 0.05) is 27.0 Å². The molecule has 1 N–H and O–H groups in total. The molecule has 2 aromatic carbocycles. The van der Waals surface area contributed by atoms with Gasteiger partial charge >= 0.3 is 12.0 Å². The molecule has 0 aliphatic carbocycles. The Labute approximate surface area is 148 Å². The third-order valence-corrected chi connectivity index (χ3v) is 4.42. The zero-order chi connectivity index (χ0) is 18.0. The highest BCUT2D eigenvalue weighted by Crippen LogP contribution is 2.35. The summed E-state index contributed by atoms with van der Waals surface area (Å²) in [6.07, 6.45) is 1.70. The Morgan fingerprint density at radius 1 is 1.20 bits per heavy atom. The second kappa shape index (κ2) is 6.94. The number of hydrogen-bond acceptors (Lipinski definition) is 4. The van der Waals surface area contributed by atoms with E-state index in [4.69, 9.17) is 16.3 Å². The van der Waals surface area contributed by atoms with Crippen molar-refractivity contribution in [2.75, 3.05) is 7.11 Å². The SMILES string of the molecule is COC(=O)[C@H]([C@@H](c1ccc(Cl)cc1)c1c[nH]c2ccccc12)[N+](=O)[O-]. The van der Waals surface area contributed by atoms with Crippen LogP contribution in [0.25, 0.3) is 10.9 Å². The molecule has 2 atom stereocenters. The van der Waals surface area contributed by atoms with Crippen LogP contribution in [0.15, 0.2) is 54.7 Å². The number of aromatic nitrogens is 1. The number of aromatic amines is 1. The van der Waals surface area contributed by atoms with Crippen molar-refractivity contribution in [1.82, 2.24) is 4.98 Å². The molecule has 3 aromatic rings. The fraction of sp³-hybridized carbons (Fsp3) is 0.167. The minimum Gasteiger partial charge on any atom is -0.464 e. The van der Waals surface area contributed by atoms with E-state index < -0.39 is 22.9 Å². The van der Waals surface area contributed by atoms with Gasteiger partial charge in [-0.3, -0.25) is 10.1 Å². The van der Waals surface area contributed by atoms with Crippen molar-refractivity contribution < 1.29 is 14.5 Å². The lowest BCUT2D eigenvalue weighted by atomic mass is 9.85. The number of nitrogens with one attached hydrogen (secondary N) is 1. The molecule has 7 heteroatoms. The lowest BCUT2D eigenvalue weighted by molar-refractivity contribution is -0.512. The predicted octanol–water partition coefficient (Wildman–Crippen LogP) is 3.77. The third kappa shape index (κ3) is 3.21. The third-order valence-electron chi connectivity index (χ3n) is 4.17. The summed E-state index contributed by atoms with van der Waals surface area (Å²) in [6, 6.07) is 12.5. The van der Waals surface area contributed by atoms with Crippen molar-refractivity contribution in [2.45, 2.75) is 12.0 Å². The average molecular weight is 359 g/mol. The standard InChI is InChI=1S/C18H15ClN2O4/c1-25-18(22)17(21(23)24)16(11-6-8-12(19)9-7-11)14-10-20-15-5-3-2-4-13(14)15/h2-10,16-17,20H,1H3/t16-,17-/m0/s1. The molecule has 25 heavy (non-hydrogen) atoms. The van der Waals surface area contributed by atoms with Crippen LogP contribution in [-0.4, -0.2) is 29.0 Å². The van der Waals surface area contributed by atoms with Gasteiger partial charge in [0.1, 0.15) is 0 Å². The van der Waals surface area contributed by atoms with Crippen LogP contribution in [0.4, 0.5) is 0 Å². The van der Waals surface area contributed by atoms with E-state index >= 15 is 0 Å². The van der Waals surface area contributed by atoms with E-state index in [0.717, 1.165) is 18.0 Å². The first-order valence-corrected chi connectivity index (χ1v) is 7.93. The van der Waals surface area contributed by atoms with Crippen LogP contribution < -0.4 is 0 Å². The van der Waals surface area contributed by atoms with Gasteiger partial charge in [-0.05, 0) is 29.3 Å². The number of ether oxygens (including phenoxy) is 1. The molecule has 0 fully saturated rings. The number of nitro groups is 1. The van der Waals surface area contributed by atoms with Gasteiger partial charge in [0.2, 0.25) is 0 Å². The van der Waals surface area contributed by atoms with Crippen molar-refractivity contribution in [2.24, 2.45) is 0 Å². The summed E-state index contributed by atoms with van der Waals surface area (Å²) in [5.74, 6) is -1.70. The first-order chi connectivity index (χ1) is 12.0. The molecule has 6 nitrogen and oxygen atoms in total. The van der Waals surface area contributed by atoms with E-state index in [9.17, 15) is 14.9 Å². The second-order valence-corrected chi connectivity index (χ2v) is 6.01. The fourth-order valence-corrected chi connectivity index (χ4v) is 3.14. The van der Waals surface area contributed by atoms with Crippen LogP contribution in [0.2, 0.25) is 5.02 Å². The lowest BCUT2D eigenvalue weighted by Crippen LogP contribution is -2.37. The number of carbonyl (C=O) groups is 1. The molecule has 0 saturated carbocycles. The van der Waals surface area contributed by atoms with Gasteiger partial charge in [0.25, 0.3) is 0 Å². The first kappa shape index (κ1) is 17.0. The van der Waals surface area contributed by atoms with Crippen molar-refractivity contribution in [3.05, 3.63) is 81.0 Å². The minimum atomic E-state index is -1.56. The van der Waals surface area contributed by atoms with Crippen molar-refractivity contribution in [3.63, 3.8) is 0 Å². The maximum Gasteiger partial charge on any atom is 0.382 e. The molecule has 0 saturated heterocycles. The molecule has 0 amide bonds. The molecule has 0 aliphatic heterocycles. The summed E-state index contributed by atoms with van der Waals surface area (Å²) in [5, 5.41) is 13.0. The smallest absolute Gasteiger partial charge is 0.382 e. The van der Waals surface area contributed by atoms with E-state index in [1.165, 1.54) is 0 Å². The van der Waals surface area contributed by atoms with Gasteiger partial charge in [-0.1, -0.05) is 41.9 Å². The quantitative estimate of drug-likeness (QED) is 0.427. The van der Waals surface area contributed by atoms with Crippen LogP contribution >= 0.6 is 11.6 Å². The predicted molar refractivity (Wildman–Crippen MR) is 94.4 cm³/mol. The van der Waals surface area contributed by atoms with Crippen LogP contribution in [0.1, 0.15) is 17.0 Å². The highest BCUT2D eigenvalue weighted by atomic mass is 35.5. The minimum absolute atomic E-state index is 0.511. The van der Waals surface area contributed by atoms with Crippen molar-refractivity contribution in [3.8, 4) is 0 Å². The normalized spacial score (nSPS) is 13.4. The summed E-state index contributed by atoms with van der Waals surface area (Å²) in [4.78, 5) is 26.3. The number of rotatable bonds is 5. The zero-order valence-electron chi connectivity index (χ0n) is 13.3. The number of fused-ring (bicyclic) bond motifs is 1. The van der Waals surface area contributed by atoms with Crippen LogP contribution in [0, 0.1) is 10.1 Å². The Bertz CT molecular complexity index is 920. The van der Waals surface area contributed by atoms with Gasteiger partial charge in [0.15, 0.2) is 0 Å². The summed E-state index contributed by atoms with van der Waals surface area (Å²) >= 11 is 5.94. The van der Waals surface area contributed by atoms with Crippen molar-refractivity contribution in [1.29, 1.82) is 0 Å². The largest absolute Gasteiger partial charge is 0.464 e. The fourth-order valence-electron chi connectivity index (χ4n) is 3.02. The average Bonchev–Trinajstić information content (AvgIpc) is 3.03. The Kier molecular flexibility index (Phi) is 4.72. The number of H-pyrrole nitrogens is 1. The Morgan fingerprint density at radius 2 is 1.88 bits per heavy atom. The first-order valence-electron chi connectivity index (χ1n) is 7.55. The van der Waals surface area contributed by atoms with Crippen LogP contribution in [0.3, 0.4) is 0 Å². The molecule has 0 spiro atoms. The van der Waals surface area contributed by atoms with E-state index in [1.54, 1.807) is 30.5 Å². The highest BCUT2D eigenvalue weighted by Gasteiger charge is 2.42. The number of benzene rings is 2. The van der Waals surface area contributed by atoms with Gasteiger partial charge in [-0.15, -0.1) is 0 Å². The number of nitrogens with zero attached hydrogens (tertiary/aromatic N) is 1. The monoisotopic (exact) mass is 358 g/mol. The topological polar surface area (TPSA) is 85.2 Å². The number of hydrogen-bond donors (Lipinski definition) is 1. The van der Waals surface area contributed by atoms with E-state index in [-0.39, 0.29) is 0 Å². The van der Waals surface area contributed by atoms with Crippen molar-refractivity contribution >= 4 is 28.5 Å². The van der Waals surface area contributed by atoms with E-state index in [1.807, 2.05) is 24.3 Å². The Balaban J connectivity index is 2.22. The zero-order valence-corrected chi connectivity index (χ0v) is 14.1.